The molecule has 0 saturated heterocycles. The Morgan fingerprint density at radius 1 is 0.882 bits per heavy atom. The molecule has 0 aliphatic rings. The van der Waals surface area contributed by atoms with Gasteiger partial charge in [-0.05, 0) is 11.8 Å². The Balaban J connectivity index is 0.00000108. The summed E-state index contributed by atoms with van der Waals surface area (Å²) in [6.45, 7) is 0. The summed E-state index contributed by atoms with van der Waals surface area (Å²) < 4.78 is 0. The first-order valence-electron chi connectivity index (χ1n) is 5.26. The maximum absolute atomic E-state index is 4.37. The number of hydrogen-bond acceptors (Lipinski definition) is 1. The fraction of sp³-hybridized carbons (Fsp3) is 0. The zero-order chi connectivity index (χ0) is 10.8. The van der Waals surface area contributed by atoms with Gasteiger partial charge in [-0.2, -0.15) is 0 Å². The Kier molecular flexibility index (Phi) is 3.68. The molecule has 17 heavy (non-hydrogen) atoms. The third kappa shape index (κ3) is 2.28. The van der Waals surface area contributed by atoms with Crippen molar-refractivity contribution in [2.45, 2.75) is 0 Å². The molecule has 0 amide bonds. The van der Waals surface area contributed by atoms with E-state index < -0.39 is 0 Å². The molecule has 3 rings (SSSR count). The Labute approximate surface area is 114 Å². The molecule has 1 nitrogen and oxygen atoms in total. The number of benzene rings is 2. The average Bonchev–Trinajstić information content (AvgIpc) is 2.39. The van der Waals surface area contributed by atoms with E-state index in [2.05, 4.69) is 29.2 Å². The number of aromatic nitrogens is 1. The minimum absolute atomic E-state index is 0. The Hall–Kier alpha value is -1.50. The zero-order valence-corrected chi connectivity index (χ0v) is 11.4. The molecule has 3 aromatic rings. The van der Waals surface area contributed by atoms with Gasteiger partial charge >= 0.3 is 0 Å². The van der Waals surface area contributed by atoms with Gasteiger partial charge in [-0.15, -0.1) is 29.1 Å². The molecule has 0 aliphatic carbocycles. The summed E-state index contributed by atoms with van der Waals surface area (Å²) in [6.07, 6.45) is 1.81. The van der Waals surface area contributed by atoms with Gasteiger partial charge in [-0.25, -0.2) is 0 Å². The Bertz CT molecular complexity index is 615. The third-order valence-corrected chi connectivity index (χ3v) is 2.64. The largest absolute Gasteiger partial charge is 0.305 e. The average molecular weight is 396 g/mol. The molecule has 0 bridgehead atoms. The van der Waals surface area contributed by atoms with Crippen LogP contribution in [0.15, 0.2) is 60.8 Å². The molecular weight excluding hydrogens is 386 g/mol. The van der Waals surface area contributed by atoms with Crippen LogP contribution in [0.1, 0.15) is 0 Å². The SMILES string of the molecule is [Ir].[c-]1ccc2ccccc2c1-c1ccccn1. The molecule has 0 spiro atoms. The van der Waals surface area contributed by atoms with Gasteiger partial charge in [0.1, 0.15) is 0 Å². The van der Waals surface area contributed by atoms with Crippen LogP contribution in [-0.4, -0.2) is 4.98 Å². The van der Waals surface area contributed by atoms with Crippen molar-refractivity contribution in [2.24, 2.45) is 0 Å². The van der Waals surface area contributed by atoms with Crippen LogP contribution >= 0.6 is 0 Å². The number of pyridine rings is 1. The first kappa shape index (κ1) is 12.0. The van der Waals surface area contributed by atoms with E-state index in [1.807, 2.05) is 42.6 Å². The fourth-order valence-corrected chi connectivity index (χ4v) is 1.89. The second-order valence-corrected chi connectivity index (χ2v) is 3.65. The number of nitrogens with zero attached hydrogens (tertiary/aromatic N) is 1. The standard InChI is InChI=1S/C15H10N.Ir/c1-2-8-13-12(6-1)7-5-9-14(13)15-10-3-4-11-16-15;/h1-8,10-11H;/q-1;. The van der Waals surface area contributed by atoms with E-state index in [1.54, 1.807) is 0 Å². The van der Waals surface area contributed by atoms with Crippen LogP contribution in [0.2, 0.25) is 0 Å². The molecule has 0 atom stereocenters. The van der Waals surface area contributed by atoms with E-state index in [-0.39, 0.29) is 20.1 Å². The fourth-order valence-electron chi connectivity index (χ4n) is 1.89. The summed E-state index contributed by atoms with van der Waals surface area (Å²) >= 11 is 0. The van der Waals surface area contributed by atoms with Crippen molar-refractivity contribution in [1.82, 2.24) is 4.98 Å². The van der Waals surface area contributed by atoms with Crippen molar-refractivity contribution in [3.05, 3.63) is 66.9 Å². The van der Waals surface area contributed by atoms with E-state index in [0.29, 0.717) is 0 Å². The summed E-state index contributed by atoms with van der Waals surface area (Å²) in [6, 6.07) is 21.5. The summed E-state index contributed by atoms with van der Waals surface area (Å²) in [4.78, 5) is 4.37. The number of hydrogen-bond donors (Lipinski definition) is 0. The molecular formula is C15H10IrN-. The van der Waals surface area contributed by atoms with Gasteiger partial charge in [0, 0.05) is 26.3 Å². The molecule has 1 aromatic heterocycles. The summed E-state index contributed by atoms with van der Waals surface area (Å²) in [5.74, 6) is 0. The van der Waals surface area contributed by atoms with Crippen molar-refractivity contribution < 1.29 is 20.1 Å². The van der Waals surface area contributed by atoms with Crippen LogP contribution < -0.4 is 0 Å². The maximum Gasteiger partial charge on any atom is 0.0160 e. The molecule has 2 aromatic carbocycles. The van der Waals surface area contributed by atoms with Crippen molar-refractivity contribution in [2.75, 3.05) is 0 Å². The predicted octanol–water partition coefficient (Wildman–Crippen LogP) is 3.70. The molecule has 85 valence electrons. The van der Waals surface area contributed by atoms with E-state index in [0.717, 1.165) is 11.3 Å². The quantitative estimate of drug-likeness (QED) is 0.572. The van der Waals surface area contributed by atoms with Crippen LogP contribution in [0, 0.1) is 6.07 Å². The molecule has 0 N–H and O–H groups in total. The third-order valence-electron chi connectivity index (χ3n) is 2.64. The first-order valence-corrected chi connectivity index (χ1v) is 5.26. The molecule has 1 radical (unpaired) electrons. The number of rotatable bonds is 1. The van der Waals surface area contributed by atoms with Gasteiger partial charge in [0.2, 0.25) is 0 Å². The van der Waals surface area contributed by atoms with E-state index in [9.17, 15) is 0 Å². The molecule has 2 heteroatoms. The molecule has 0 saturated carbocycles. The predicted molar refractivity (Wildman–Crippen MR) is 66.0 cm³/mol. The van der Waals surface area contributed by atoms with Crippen LogP contribution in [0.3, 0.4) is 0 Å². The summed E-state index contributed by atoms with van der Waals surface area (Å²) in [7, 11) is 0. The van der Waals surface area contributed by atoms with Gasteiger partial charge in [0.25, 0.3) is 0 Å². The minimum atomic E-state index is 0. The van der Waals surface area contributed by atoms with Gasteiger partial charge in [-0.3, -0.25) is 0 Å². The Morgan fingerprint density at radius 3 is 2.53 bits per heavy atom. The maximum atomic E-state index is 4.37. The normalized spacial score (nSPS) is 9.88. The van der Waals surface area contributed by atoms with E-state index >= 15 is 0 Å². The van der Waals surface area contributed by atoms with Gasteiger partial charge in [-0.1, -0.05) is 41.8 Å². The van der Waals surface area contributed by atoms with Crippen molar-refractivity contribution in [3.63, 3.8) is 0 Å². The molecule has 0 fully saturated rings. The van der Waals surface area contributed by atoms with Crippen LogP contribution in [0.25, 0.3) is 22.0 Å². The molecule has 0 aliphatic heterocycles. The van der Waals surface area contributed by atoms with Crippen LogP contribution in [0.5, 0.6) is 0 Å². The minimum Gasteiger partial charge on any atom is -0.305 e. The second kappa shape index (κ2) is 5.22. The summed E-state index contributed by atoms with van der Waals surface area (Å²) in [5, 5.41) is 2.42. The zero-order valence-electron chi connectivity index (χ0n) is 9.05. The van der Waals surface area contributed by atoms with Crippen molar-refractivity contribution in [1.29, 1.82) is 0 Å². The smallest absolute Gasteiger partial charge is 0.0160 e. The first-order chi connectivity index (χ1) is 7.95. The molecule has 1 heterocycles. The van der Waals surface area contributed by atoms with Crippen LogP contribution in [-0.2, 0) is 20.1 Å². The number of fused-ring (bicyclic) bond motifs is 1. The van der Waals surface area contributed by atoms with E-state index in [1.165, 1.54) is 10.8 Å². The Morgan fingerprint density at radius 2 is 1.71 bits per heavy atom. The summed E-state index contributed by atoms with van der Waals surface area (Å²) in [5.41, 5.74) is 2.04. The second-order valence-electron chi connectivity index (χ2n) is 3.65. The van der Waals surface area contributed by atoms with Crippen molar-refractivity contribution >= 4 is 10.8 Å². The van der Waals surface area contributed by atoms with Crippen LogP contribution in [0.4, 0.5) is 0 Å². The van der Waals surface area contributed by atoms with Gasteiger partial charge in [0.05, 0.1) is 0 Å². The topological polar surface area (TPSA) is 12.9 Å². The monoisotopic (exact) mass is 397 g/mol. The van der Waals surface area contributed by atoms with Crippen molar-refractivity contribution in [3.8, 4) is 11.3 Å². The van der Waals surface area contributed by atoms with E-state index in [4.69, 9.17) is 0 Å². The van der Waals surface area contributed by atoms with Gasteiger partial charge in [0.15, 0.2) is 0 Å². The molecule has 0 unspecified atom stereocenters. The van der Waals surface area contributed by atoms with Gasteiger partial charge < -0.3 is 4.98 Å².